The molecule has 152 valence electrons. The predicted octanol–water partition coefficient (Wildman–Crippen LogP) is 5.02. The Bertz CT molecular complexity index is 969. The van der Waals surface area contributed by atoms with Crippen molar-refractivity contribution in [3.8, 4) is 5.75 Å². The smallest absolute Gasteiger partial charge is 0.416 e. The summed E-state index contributed by atoms with van der Waals surface area (Å²) in [4.78, 5) is 16.8. The highest BCUT2D eigenvalue weighted by atomic mass is 32.1. The number of aryl methyl sites for hydroxylation is 1. The zero-order valence-corrected chi connectivity index (χ0v) is 16.4. The molecule has 0 saturated heterocycles. The van der Waals surface area contributed by atoms with Gasteiger partial charge in [-0.1, -0.05) is 24.3 Å². The lowest BCUT2D eigenvalue weighted by molar-refractivity contribution is -0.137. The standard InChI is InChI=1S/C21H19F3N2O2S/c1-14-26-17(13-29-14)12-28-19-5-3-2-4-18(19)20(27)25-11-10-15-6-8-16(9-7-15)21(22,23)24/h2-9,13H,10-12H2,1H3,(H,25,27). The van der Waals surface area contributed by atoms with Gasteiger partial charge < -0.3 is 10.1 Å². The number of carbonyl (C=O) groups excluding carboxylic acids is 1. The fourth-order valence-corrected chi connectivity index (χ4v) is 3.28. The number of alkyl halides is 3. The zero-order chi connectivity index (χ0) is 20.9. The number of halogens is 3. The molecule has 0 aliphatic heterocycles. The molecule has 0 radical (unpaired) electrons. The molecular weight excluding hydrogens is 401 g/mol. The maximum atomic E-state index is 12.6. The van der Waals surface area contributed by atoms with Crippen molar-refractivity contribution < 1.29 is 22.7 Å². The molecule has 1 amide bonds. The number of thiazole rings is 1. The number of ether oxygens (including phenoxy) is 1. The van der Waals surface area contributed by atoms with Crippen molar-refractivity contribution in [2.75, 3.05) is 6.54 Å². The van der Waals surface area contributed by atoms with E-state index in [4.69, 9.17) is 4.74 Å². The number of rotatable bonds is 7. The molecular formula is C21H19F3N2O2S. The first kappa shape index (κ1) is 20.9. The summed E-state index contributed by atoms with van der Waals surface area (Å²) < 4.78 is 43.6. The molecule has 1 aromatic heterocycles. The van der Waals surface area contributed by atoms with Crippen molar-refractivity contribution >= 4 is 17.2 Å². The van der Waals surface area contributed by atoms with E-state index < -0.39 is 11.7 Å². The highest BCUT2D eigenvalue weighted by molar-refractivity contribution is 7.09. The second-order valence-electron chi connectivity index (χ2n) is 6.34. The topological polar surface area (TPSA) is 51.2 Å². The number of nitrogens with one attached hydrogen (secondary N) is 1. The molecule has 2 aromatic carbocycles. The van der Waals surface area contributed by atoms with E-state index in [9.17, 15) is 18.0 Å². The second-order valence-corrected chi connectivity index (χ2v) is 7.41. The minimum atomic E-state index is -4.35. The highest BCUT2D eigenvalue weighted by Gasteiger charge is 2.29. The van der Waals surface area contributed by atoms with Gasteiger partial charge in [-0.2, -0.15) is 13.2 Å². The third kappa shape index (κ3) is 5.80. The number of benzene rings is 2. The van der Waals surface area contributed by atoms with Crippen LogP contribution in [0.4, 0.5) is 13.2 Å². The second kappa shape index (κ2) is 9.09. The van der Waals surface area contributed by atoms with Crippen molar-refractivity contribution in [2.24, 2.45) is 0 Å². The molecule has 1 N–H and O–H groups in total. The largest absolute Gasteiger partial charge is 0.486 e. The lowest BCUT2D eigenvalue weighted by Gasteiger charge is -2.11. The minimum absolute atomic E-state index is 0.264. The van der Waals surface area contributed by atoms with Gasteiger partial charge in [0.2, 0.25) is 0 Å². The molecule has 0 unspecified atom stereocenters. The molecule has 1 heterocycles. The van der Waals surface area contributed by atoms with E-state index >= 15 is 0 Å². The molecule has 3 rings (SSSR count). The molecule has 0 fully saturated rings. The molecule has 0 bridgehead atoms. The number of carbonyl (C=O) groups is 1. The summed E-state index contributed by atoms with van der Waals surface area (Å²) in [6, 6.07) is 11.8. The molecule has 4 nitrogen and oxygen atoms in total. The van der Waals surface area contributed by atoms with Gasteiger partial charge in [-0.25, -0.2) is 4.98 Å². The van der Waals surface area contributed by atoms with Crippen LogP contribution in [0.15, 0.2) is 53.9 Å². The van der Waals surface area contributed by atoms with Crippen LogP contribution in [0.1, 0.15) is 32.2 Å². The Kier molecular flexibility index (Phi) is 6.53. The van der Waals surface area contributed by atoms with Crippen molar-refractivity contribution in [1.82, 2.24) is 10.3 Å². The first-order chi connectivity index (χ1) is 13.8. The first-order valence-corrected chi connectivity index (χ1v) is 9.78. The average molecular weight is 420 g/mol. The molecule has 0 aliphatic rings. The van der Waals surface area contributed by atoms with Gasteiger partial charge in [-0.05, 0) is 43.2 Å². The normalized spacial score (nSPS) is 11.3. The molecule has 29 heavy (non-hydrogen) atoms. The molecule has 3 aromatic rings. The van der Waals surface area contributed by atoms with Crippen LogP contribution in [-0.4, -0.2) is 17.4 Å². The van der Waals surface area contributed by atoms with E-state index in [-0.39, 0.29) is 12.5 Å². The van der Waals surface area contributed by atoms with Crippen molar-refractivity contribution in [3.63, 3.8) is 0 Å². The number of nitrogens with zero attached hydrogens (tertiary/aromatic N) is 1. The number of para-hydroxylation sites is 1. The Hall–Kier alpha value is -2.87. The summed E-state index contributed by atoms with van der Waals surface area (Å²) in [6.07, 6.45) is -3.93. The lowest BCUT2D eigenvalue weighted by Crippen LogP contribution is -2.26. The molecule has 8 heteroatoms. The Labute approximate surface area is 170 Å². The van der Waals surface area contributed by atoms with Crippen LogP contribution in [0.2, 0.25) is 0 Å². The van der Waals surface area contributed by atoms with Gasteiger partial charge >= 0.3 is 6.18 Å². The molecule has 0 spiro atoms. The predicted molar refractivity (Wildman–Crippen MR) is 105 cm³/mol. The van der Waals surface area contributed by atoms with Gasteiger partial charge in [0.25, 0.3) is 5.91 Å². The summed E-state index contributed by atoms with van der Waals surface area (Å²) in [6.45, 7) is 2.47. The van der Waals surface area contributed by atoms with E-state index in [0.717, 1.165) is 22.8 Å². The van der Waals surface area contributed by atoms with Crippen LogP contribution < -0.4 is 10.1 Å². The summed E-state index contributed by atoms with van der Waals surface area (Å²) in [5.74, 6) is 0.146. The van der Waals surface area contributed by atoms with Gasteiger partial charge in [0.05, 0.1) is 21.8 Å². The average Bonchev–Trinajstić information content (AvgIpc) is 3.11. The zero-order valence-electron chi connectivity index (χ0n) is 15.6. The minimum Gasteiger partial charge on any atom is -0.486 e. The Balaban J connectivity index is 1.55. The quantitative estimate of drug-likeness (QED) is 0.584. The van der Waals surface area contributed by atoms with Crippen LogP contribution in [0, 0.1) is 6.92 Å². The van der Waals surface area contributed by atoms with Crippen LogP contribution >= 0.6 is 11.3 Å². The van der Waals surface area contributed by atoms with Gasteiger partial charge in [0.15, 0.2) is 0 Å². The number of amides is 1. The maximum absolute atomic E-state index is 12.6. The van der Waals surface area contributed by atoms with E-state index in [1.165, 1.54) is 23.5 Å². The maximum Gasteiger partial charge on any atom is 0.416 e. The fourth-order valence-electron chi connectivity index (χ4n) is 2.68. The summed E-state index contributed by atoms with van der Waals surface area (Å²) in [7, 11) is 0. The monoisotopic (exact) mass is 420 g/mol. The SMILES string of the molecule is Cc1nc(COc2ccccc2C(=O)NCCc2ccc(C(F)(F)F)cc2)cs1. The number of hydrogen-bond donors (Lipinski definition) is 1. The van der Waals surface area contributed by atoms with Gasteiger partial charge in [0.1, 0.15) is 12.4 Å². The van der Waals surface area contributed by atoms with Crippen LogP contribution in [0.5, 0.6) is 5.75 Å². The van der Waals surface area contributed by atoms with E-state index in [1.807, 2.05) is 12.3 Å². The summed E-state index contributed by atoms with van der Waals surface area (Å²) in [5.41, 5.74) is 1.21. The third-order valence-electron chi connectivity index (χ3n) is 4.15. The van der Waals surface area contributed by atoms with Crippen LogP contribution in [0.25, 0.3) is 0 Å². The van der Waals surface area contributed by atoms with Crippen molar-refractivity contribution in [3.05, 3.63) is 81.3 Å². The van der Waals surface area contributed by atoms with Crippen LogP contribution in [0.3, 0.4) is 0 Å². The van der Waals surface area contributed by atoms with Crippen LogP contribution in [-0.2, 0) is 19.2 Å². The molecule has 0 atom stereocenters. The number of hydrogen-bond acceptors (Lipinski definition) is 4. The lowest BCUT2D eigenvalue weighted by atomic mass is 10.1. The fraction of sp³-hybridized carbons (Fsp3) is 0.238. The summed E-state index contributed by atoms with van der Waals surface area (Å²) >= 11 is 1.53. The molecule has 0 aliphatic carbocycles. The van der Waals surface area contributed by atoms with Crippen molar-refractivity contribution in [2.45, 2.75) is 26.1 Å². The highest BCUT2D eigenvalue weighted by Crippen LogP contribution is 2.29. The first-order valence-electron chi connectivity index (χ1n) is 8.90. The Morgan fingerprint density at radius 1 is 1.14 bits per heavy atom. The van der Waals surface area contributed by atoms with Gasteiger partial charge in [-0.15, -0.1) is 11.3 Å². The number of aromatic nitrogens is 1. The Morgan fingerprint density at radius 3 is 2.52 bits per heavy atom. The Morgan fingerprint density at radius 2 is 1.86 bits per heavy atom. The summed E-state index contributed by atoms with van der Waals surface area (Å²) in [5, 5.41) is 5.63. The van der Waals surface area contributed by atoms with Crippen molar-refractivity contribution in [1.29, 1.82) is 0 Å². The van der Waals surface area contributed by atoms with E-state index in [0.29, 0.717) is 29.8 Å². The van der Waals surface area contributed by atoms with E-state index in [2.05, 4.69) is 10.3 Å². The third-order valence-corrected chi connectivity index (χ3v) is 4.98. The molecule has 0 saturated carbocycles. The van der Waals surface area contributed by atoms with E-state index in [1.54, 1.807) is 24.3 Å². The van der Waals surface area contributed by atoms with Gasteiger partial charge in [-0.3, -0.25) is 4.79 Å². The van der Waals surface area contributed by atoms with Gasteiger partial charge in [0, 0.05) is 11.9 Å².